The van der Waals surface area contributed by atoms with Crippen molar-refractivity contribution in [2.75, 3.05) is 6.61 Å². The molecule has 20 heavy (non-hydrogen) atoms. The van der Waals surface area contributed by atoms with Crippen LogP contribution in [0.2, 0.25) is 0 Å². The smallest absolute Gasteiger partial charge is 0.312 e. The molecule has 0 aliphatic carbocycles. The summed E-state index contributed by atoms with van der Waals surface area (Å²) in [5.41, 5.74) is -0.371. The Balaban J connectivity index is 5.54. The fraction of sp³-hybridized carbons (Fsp3) is 0.833. The minimum atomic E-state index is -0.459. The Kier molecular flexibility index (Phi) is 7.00. The van der Waals surface area contributed by atoms with Gasteiger partial charge in [0, 0.05) is 0 Å². The summed E-state index contributed by atoms with van der Waals surface area (Å²) in [4.78, 5) is 12.7. The van der Waals surface area contributed by atoms with E-state index in [-0.39, 0.29) is 16.8 Å². The molecule has 0 aromatic rings. The molecule has 0 amide bonds. The van der Waals surface area contributed by atoms with Crippen molar-refractivity contribution in [1.29, 1.82) is 0 Å². The molecular weight excluding hydrogens is 248 g/mol. The normalized spacial score (nSPS) is 15.6. The zero-order chi connectivity index (χ0) is 16.0. The monoisotopic (exact) mass is 282 g/mol. The van der Waals surface area contributed by atoms with Crippen LogP contribution < -0.4 is 0 Å². The first-order chi connectivity index (χ1) is 9.12. The van der Waals surface area contributed by atoms with E-state index in [9.17, 15) is 4.79 Å². The Morgan fingerprint density at radius 3 is 1.90 bits per heavy atom. The molecule has 0 bridgehead atoms. The van der Waals surface area contributed by atoms with Crippen molar-refractivity contribution in [2.45, 2.75) is 74.1 Å². The molecule has 0 saturated heterocycles. The maximum Gasteiger partial charge on any atom is 0.312 e. The lowest BCUT2D eigenvalue weighted by Gasteiger charge is -2.47. The maximum absolute atomic E-state index is 12.7. The fourth-order valence-corrected chi connectivity index (χ4v) is 2.94. The van der Waals surface area contributed by atoms with E-state index in [1.165, 1.54) is 0 Å². The van der Waals surface area contributed by atoms with E-state index in [4.69, 9.17) is 4.74 Å². The van der Waals surface area contributed by atoms with Gasteiger partial charge in [0.2, 0.25) is 0 Å². The number of carbonyl (C=O) groups excluding carboxylic acids is 1. The number of carbonyl (C=O) groups is 1. The molecule has 0 spiro atoms. The van der Waals surface area contributed by atoms with Crippen LogP contribution in [0.1, 0.15) is 74.1 Å². The topological polar surface area (TPSA) is 26.3 Å². The van der Waals surface area contributed by atoms with E-state index in [0.29, 0.717) is 6.61 Å². The molecule has 0 heterocycles. The van der Waals surface area contributed by atoms with Crippen molar-refractivity contribution >= 4 is 5.97 Å². The van der Waals surface area contributed by atoms with Gasteiger partial charge >= 0.3 is 5.97 Å². The van der Waals surface area contributed by atoms with Crippen LogP contribution in [0.25, 0.3) is 0 Å². The number of esters is 1. The number of hydrogen-bond donors (Lipinski definition) is 0. The van der Waals surface area contributed by atoms with E-state index in [2.05, 4.69) is 55.0 Å². The summed E-state index contributed by atoms with van der Waals surface area (Å²) < 4.78 is 5.44. The van der Waals surface area contributed by atoms with Crippen molar-refractivity contribution in [3.05, 3.63) is 12.7 Å². The highest BCUT2D eigenvalue weighted by molar-refractivity contribution is 5.77. The summed E-state index contributed by atoms with van der Waals surface area (Å²) in [5.74, 6) is -0.0786. The van der Waals surface area contributed by atoms with Crippen LogP contribution in [-0.4, -0.2) is 12.6 Å². The summed E-state index contributed by atoms with van der Waals surface area (Å²) in [7, 11) is 0. The third-order valence-electron chi connectivity index (χ3n) is 5.46. The molecule has 0 aromatic heterocycles. The van der Waals surface area contributed by atoms with Crippen LogP contribution in [-0.2, 0) is 9.53 Å². The zero-order valence-electron chi connectivity index (χ0n) is 14.6. The molecule has 2 nitrogen and oxygen atoms in total. The van der Waals surface area contributed by atoms with Gasteiger partial charge in [-0.05, 0) is 37.0 Å². The van der Waals surface area contributed by atoms with Crippen molar-refractivity contribution in [2.24, 2.45) is 16.2 Å². The van der Waals surface area contributed by atoms with Crippen molar-refractivity contribution in [3.63, 3.8) is 0 Å². The molecule has 0 N–H and O–H groups in total. The minimum absolute atomic E-state index is 0.0440. The molecular formula is C18H34O2. The van der Waals surface area contributed by atoms with Gasteiger partial charge in [0.1, 0.15) is 6.61 Å². The van der Waals surface area contributed by atoms with Gasteiger partial charge in [-0.25, -0.2) is 0 Å². The quantitative estimate of drug-likeness (QED) is 0.419. The lowest BCUT2D eigenvalue weighted by Crippen LogP contribution is -2.47. The van der Waals surface area contributed by atoms with Gasteiger partial charge in [0.05, 0.1) is 5.41 Å². The van der Waals surface area contributed by atoms with Gasteiger partial charge in [0.15, 0.2) is 0 Å². The summed E-state index contributed by atoms with van der Waals surface area (Å²) in [6.45, 7) is 19.2. The molecule has 0 radical (unpaired) electrons. The highest BCUT2D eigenvalue weighted by Crippen LogP contribution is 2.52. The highest BCUT2D eigenvalue weighted by atomic mass is 16.5. The molecule has 118 valence electrons. The molecule has 0 aromatic carbocycles. The van der Waals surface area contributed by atoms with Crippen molar-refractivity contribution in [3.8, 4) is 0 Å². The second-order valence-corrected chi connectivity index (χ2v) is 7.18. The Morgan fingerprint density at radius 2 is 1.55 bits per heavy atom. The van der Waals surface area contributed by atoms with Gasteiger partial charge < -0.3 is 4.74 Å². The number of hydrogen-bond acceptors (Lipinski definition) is 2. The SMILES string of the molecule is C=CCOC(=O)C(C)(CC(C)(C)CC)C(C)(CC)CC. The second kappa shape index (κ2) is 7.28. The van der Waals surface area contributed by atoms with Crippen LogP contribution in [0.5, 0.6) is 0 Å². The van der Waals surface area contributed by atoms with Gasteiger partial charge in [-0.2, -0.15) is 0 Å². The highest BCUT2D eigenvalue weighted by Gasteiger charge is 2.51. The molecule has 2 heteroatoms. The van der Waals surface area contributed by atoms with Crippen LogP contribution in [0.15, 0.2) is 12.7 Å². The summed E-state index contributed by atoms with van der Waals surface area (Å²) in [6, 6.07) is 0. The largest absolute Gasteiger partial charge is 0.461 e. The van der Waals surface area contributed by atoms with E-state index >= 15 is 0 Å². The molecule has 0 rings (SSSR count). The summed E-state index contributed by atoms with van der Waals surface area (Å²) >= 11 is 0. The van der Waals surface area contributed by atoms with Gasteiger partial charge in [-0.1, -0.05) is 60.6 Å². The Morgan fingerprint density at radius 1 is 1.05 bits per heavy atom. The first-order valence-corrected chi connectivity index (χ1v) is 7.90. The molecule has 0 saturated carbocycles. The molecule has 0 fully saturated rings. The van der Waals surface area contributed by atoms with Gasteiger partial charge in [0.25, 0.3) is 0 Å². The maximum atomic E-state index is 12.7. The molecule has 0 aliphatic heterocycles. The van der Waals surface area contributed by atoms with Crippen LogP contribution in [0.3, 0.4) is 0 Å². The predicted octanol–water partition coefficient (Wildman–Crippen LogP) is 5.37. The van der Waals surface area contributed by atoms with Crippen molar-refractivity contribution in [1.82, 2.24) is 0 Å². The predicted molar refractivity (Wildman–Crippen MR) is 86.6 cm³/mol. The Labute approximate surface area is 126 Å². The van der Waals surface area contributed by atoms with E-state index in [0.717, 1.165) is 25.7 Å². The van der Waals surface area contributed by atoms with Gasteiger partial charge in [-0.15, -0.1) is 0 Å². The molecule has 1 unspecified atom stereocenters. The third-order valence-corrected chi connectivity index (χ3v) is 5.46. The Bertz CT molecular complexity index is 326. The summed E-state index contributed by atoms with van der Waals surface area (Å²) in [6.07, 6.45) is 5.50. The first kappa shape index (κ1) is 19.2. The Hall–Kier alpha value is -0.790. The average Bonchev–Trinajstić information content (AvgIpc) is 2.42. The number of ether oxygens (including phenoxy) is 1. The minimum Gasteiger partial charge on any atom is -0.461 e. The fourth-order valence-electron chi connectivity index (χ4n) is 2.94. The molecule has 1 atom stereocenters. The van der Waals surface area contributed by atoms with E-state index in [1.54, 1.807) is 6.08 Å². The van der Waals surface area contributed by atoms with E-state index < -0.39 is 5.41 Å². The average molecular weight is 282 g/mol. The molecule has 0 aliphatic rings. The number of rotatable bonds is 9. The zero-order valence-corrected chi connectivity index (χ0v) is 14.6. The third kappa shape index (κ3) is 4.10. The van der Waals surface area contributed by atoms with Crippen LogP contribution in [0.4, 0.5) is 0 Å². The lowest BCUT2D eigenvalue weighted by atomic mass is 9.57. The first-order valence-electron chi connectivity index (χ1n) is 7.90. The van der Waals surface area contributed by atoms with Crippen molar-refractivity contribution < 1.29 is 9.53 Å². The standard InChI is InChI=1S/C18H34O2/c1-9-13-20-15(19)18(8,14-16(5,6)10-2)17(7,11-3)12-4/h9H,1,10-14H2,2-8H3. The van der Waals surface area contributed by atoms with E-state index in [1.807, 2.05) is 0 Å². The van der Waals surface area contributed by atoms with Crippen LogP contribution >= 0.6 is 0 Å². The van der Waals surface area contributed by atoms with Crippen LogP contribution in [0, 0.1) is 16.2 Å². The lowest BCUT2D eigenvalue weighted by molar-refractivity contribution is -0.166. The second-order valence-electron chi connectivity index (χ2n) is 7.18. The summed E-state index contributed by atoms with van der Waals surface area (Å²) in [5, 5.41) is 0. The van der Waals surface area contributed by atoms with Gasteiger partial charge in [-0.3, -0.25) is 4.79 Å².